The second-order valence-corrected chi connectivity index (χ2v) is 8.83. The predicted octanol–water partition coefficient (Wildman–Crippen LogP) is 5.54. The molecule has 3 aliphatic heterocycles. The van der Waals surface area contributed by atoms with E-state index in [9.17, 15) is 9.18 Å². The number of nitrogens with zero attached hydrogens (tertiary/aromatic N) is 6. The van der Waals surface area contributed by atoms with E-state index in [-0.39, 0.29) is 17.5 Å². The summed E-state index contributed by atoms with van der Waals surface area (Å²) in [7, 11) is 0. The van der Waals surface area contributed by atoms with E-state index in [2.05, 4.69) is 54.7 Å². The molecule has 194 valence electrons. The molecule has 3 heterocycles. The van der Waals surface area contributed by atoms with Gasteiger partial charge in [-0.25, -0.2) is 4.39 Å². The van der Waals surface area contributed by atoms with Crippen molar-refractivity contribution in [3.05, 3.63) is 91.2 Å². The van der Waals surface area contributed by atoms with Crippen molar-refractivity contribution in [2.45, 2.75) is 27.2 Å². The van der Waals surface area contributed by atoms with Crippen LogP contribution in [0.5, 0.6) is 0 Å². The van der Waals surface area contributed by atoms with Gasteiger partial charge in [0.1, 0.15) is 17.4 Å². The highest BCUT2D eigenvalue weighted by atomic mass is 19.1. The van der Waals surface area contributed by atoms with Gasteiger partial charge in [0.05, 0.1) is 12.3 Å². The van der Waals surface area contributed by atoms with E-state index in [1.165, 1.54) is 11.8 Å². The zero-order valence-electron chi connectivity index (χ0n) is 21.7. The monoisotopic (exact) mass is 502 g/mol. The molecule has 1 amide bonds. The molecule has 0 N–H and O–H groups in total. The van der Waals surface area contributed by atoms with Crippen molar-refractivity contribution < 1.29 is 9.18 Å². The first-order chi connectivity index (χ1) is 17.9. The van der Waals surface area contributed by atoms with Gasteiger partial charge in [0.2, 0.25) is 0 Å². The van der Waals surface area contributed by atoms with Crippen molar-refractivity contribution in [2.75, 3.05) is 24.6 Å². The predicted molar refractivity (Wildman–Crippen MR) is 151 cm³/mol. The number of rotatable bonds is 6. The molecule has 2 unspecified atom stereocenters. The van der Waals surface area contributed by atoms with Crippen LogP contribution in [-0.4, -0.2) is 53.6 Å². The first-order valence-electron chi connectivity index (χ1n) is 12.5. The van der Waals surface area contributed by atoms with Gasteiger partial charge in [-0.2, -0.15) is 15.2 Å². The SMILES string of the molecule is C=CC(C)CN1/C=C/N=C/C=C/C2=NN(c3ccccc3F)C(=O)C2C1.CC/C=C(\C)N1CC=CC=N1. The van der Waals surface area contributed by atoms with E-state index in [0.717, 1.165) is 18.0 Å². The number of carbonyl (C=O) groups is 1. The Morgan fingerprint density at radius 3 is 2.78 bits per heavy atom. The number of amides is 1. The van der Waals surface area contributed by atoms with Crippen LogP contribution in [0, 0.1) is 17.7 Å². The highest BCUT2D eigenvalue weighted by Gasteiger charge is 2.37. The fourth-order valence-electron chi connectivity index (χ4n) is 3.90. The van der Waals surface area contributed by atoms with Gasteiger partial charge in [0.25, 0.3) is 5.91 Å². The number of halogens is 1. The Labute approximate surface area is 219 Å². The molecule has 0 saturated carbocycles. The third-order valence-electron chi connectivity index (χ3n) is 5.92. The molecule has 1 aromatic carbocycles. The Morgan fingerprint density at radius 2 is 2.08 bits per heavy atom. The van der Waals surface area contributed by atoms with Gasteiger partial charge in [-0.1, -0.05) is 44.2 Å². The van der Waals surface area contributed by atoms with Crippen molar-refractivity contribution in [3.8, 4) is 0 Å². The molecule has 2 atom stereocenters. The Kier molecular flexibility index (Phi) is 10.3. The van der Waals surface area contributed by atoms with Crippen LogP contribution in [0.3, 0.4) is 0 Å². The average Bonchev–Trinajstić information content (AvgIpc) is 3.22. The van der Waals surface area contributed by atoms with E-state index >= 15 is 0 Å². The standard InChI is InChI=1S/C20H21FN4O.C9H14N2/c1-3-15(2)13-24-12-11-22-10-6-8-18-16(14-24)20(26)25(23-18)19-9-5-4-7-17(19)21;1-3-6-9(2)11-8-5-4-7-10-11/h3-12,15-16H,1,13-14H2,2H3;4-7H,3,8H2,1-2H3/b8-6+,12-11+,22-10+;9-6+. The number of carbonyl (C=O) groups excluding carboxylic acids is 1. The molecule has 0 bridgehead atoms. The van der Waals surface area contributed by atoms with Crippen molar-refractivity contribution >= 4 is 29.7 Å². The van der Waals surface area contributed by atoms with Gasteiger partial charge in [-0.15, -0.1) is 6.58 Å². The minimum absolute atomic E-state index is 0.163. The number of hydrogen-bond donors (Lipinski definition) is 0. The van der Waals surface area contributed by atoms with Gasteiger partial charge < -0.3 is 4.90 Å². The summed E-state index contributed by atoms with van der Waals surface area (Å²) in [5.74, 6) is -0.936. The average molecular weight is 503 g/mol. The quantitative estimate of drug-likeness (QED) is 0.480. The fourth-order valence-corrected chi connectivity index (χ4v) is 3.90. The summed E-state index contributed by atoms with van der Waals surface area (Å²) in [5, 5.41) is 11.7. The molecular weight excluding hydrogens is 467 g/mol. The van der Waals surface area contributed by atoms with E-state index in [4.69, 9.17) is 0 Å². The Hall–Kier alpha value is -4.07. The first-order valence-corrected chi connectivity index (χ1v) is 12.5. The van der Waals surface area contributed by atoms with Gasteiger partial charge >= 0.3 is 0 Å². The zero-order chi connectivity index (χ0) is 26.6. The molecular formula is C29H35FN6O. The van der Waals surface area contributed by atoms with Crippen molar-refractivity contribution in [2.24, 2.45) is 27.0 Å². The second-order valence-electron chi connectivity index (χ2n) is 8.83. The Morgan fingerprint density at radius 1 is 1.27 bits per heavy atom. The van der Waals surface area contributed by atoms with Crippen LogP contribution in [-0.2, 0) is 4.79 Å². The minimum atomic E-state index is -0.475. The van der Waals surface area contributed by atoms with Crippen LogP contribution in [0.1, 0.15) is 27.2 Å². The highest BCUT2D eigenvalue weighted by molar-refractivity contribution is 6.20. The summed E-state index contributed by atoms with van der Waals surface area (Å²) in [6.07, 6.45) is 19.7. The van der Waals surface area contributed by atoms with Gasteiger partial charge in [0, 0.05) is 43.6 Å². The van der Waals surface area contributed by atoms with Crippen molar-refractivity contribution in [1.29, 1.82) is 0 Å². The molecule has 4 rings (SSSR count). The van der Waals surface area contributed by atoms with Crippen LogP contribution < -0.4 is 5.01 Å². The van der Waals surface area contributed by atoms with Crippen LogP contribution >= 0.6 is 0 Å². The molecule has 1 aromatic rings. The maximum atomic E-state index is 14.1. The summed E-state index contributed by atoms with van der Waals surface area (Å²) in [4.78, 5) is 19.1. The summed E-state index contributed by atoms with van der Waals surface area (Å²) >= 11 is 0. The van der Waals surface area contributed by atoms with Crippen LogP contribution in [0.15, 0.2) is 101 Å². The molecule has 0 radical (unpaired) electrons. The molecule has 7 nitrogen and oxygen atoms in total. The van der Waals surface area contributed by atoms with Crippen LogP contribution in [0.25, 0.3) is 0 Å². The maximum absolute atomic E-state index is 14.1. The van der Waals surface area contributed by atoms with Gasteiger partial charge in [0.15, 0.2) is 0 Å². The molecule has 0 aromatic heterocycles. The van der Waals surface area contributed by atoms with Crippen LogP contribution in [0.4, 0.5) is 10.1 Å². The Balaban J connectivity index is 0.000000289. The smallest absolute Gasteiger partial charge is 0.258 e. The third kappa shape index (κ3) is 7.70. The number of hydrazone groups is 2. The zero-order valence-corrected chi connectivity index (χ0v) is 21.7. The molecule has 8 heteroatoms. The molecule has 0 fully saturated rings. The van der Waals surface area contributed by atoms with Crippen molar-refractivity contribution in [3.63, 3.8) is 0 Å². The van der Waals surface area contributed by atoms with E-state index in [1.54, 1.807) is 42.8 Å². The van der Waals surface area contributed by atoms with Gasteiger partial charge in [-0.05, 0) is 49.6 Å². The van der Waals surface area contributed by atoms with Crippen molar-refractivity contribution in [1.82, 2.24) is 9.91 Å². The number of para-hydroxylation sites is 1. The fraction of sp³-hybridized carbons (Fsp3) is 0.310. The lowest BCUT2D eigenvalue weighted by Crippen LogP contribution is -2.37. The maximum Gasteiger partial charge on any atom is 0.258 e. The number of fused-ring (bicyclic) bond motifs is 1. The van der Waals surface area contributed by atoms with Gasteiger partial charge in [-0.3, -0.25) is 14.8 Å². The minimum Gasteiger partial charge on any atom is -0.374 e. The lowest BCUT2D eigenvalue weighted by molar-refractivity contribution is -0.120. The first kappa shape index (κ1) is 27.5. The number of hydrogen-bond acceptors (Lipinski definition) is 6. The number of aliphatic imine (C=N–C) groups is 1. The number of anilines is 1. The second kappa shape index (κ2) is 13.9. The molecule has 0 saturated heterocycles. The number of allylic oxidation sites excluding steroid dienone is 5. The van der Waals surface area contributed by atoms with E-state index in [1.807, 2.05) is 34.5 Å². The largest absolute Gasteiger partial charge is 0.374 e. The normalized spacial score (nSPS) is 22.4. The Bertz CT molecular complexity index is 1160. The third-order valence-corrected chi connectivity index (χ3v) is 5.92. The highest BCUT2D eigenvalue weighted by Crippen LogP contribution is 2.27. The molecule has 0 aliphatic carbocycles. The lowest BCUT2D eigenvalue weighted by Gasteiger charge is -2.25. The van der Waals surface area contributed by atoms with E-state index < -0.39 is 11.7 Å². The summed E-state index contributed by atoms with van der Waals surface area (Å²) in [6, 6.07) is 6.15. The lowest BCUT2D eigenvalue weighted by atomic mass is 10.0. The molecule has 0 spiro atoms. The summed E-state index contributed by atoms with van der Waals surface area (Å²) in [6.45, 7) is 12.1. The van der Waals surface area contributed by atoms with Crippen LogP contribution in [0.2, 0.25) is 0 Å². The molecule has 3 aliphatic rings. The summed E-state index contributed by atoms with van der Waals surface area (Å²) < 4.78 is 14.1. The van der Waals surface area contributed by atoms with E-state index in [0.29, 0.717) is 18.8 Å². The number of benzene rings is 1. The summed E-state index contributed by atoms with van der Waals surface area (Å²) in [5.41, 5.74) is 1.99. The molecule has 37 heavy (non-hydrogen) atoms. The topological polar surface area (TPSA) is 63.9 Å².